The third-order valence-electron chi connectivity index (χ3n) is 4.21. The number of nitrogens with one attached hydrogen (secondary N) is 1. The van der Waals surface area contributed by atoms with E-state index in [9.17, 15) is 14.4 Å². The summed E-state index contributed by atoms with van der Waals surface area (Å²) in [6.07, 6.45) is -0.958. The summed E-state index contributed by atoms with van der Waals surface area (Å²) in [4.78, 5) is 37.6. The molecule has 1 unspecified atom stereocenters. The maximum atomic E-state index is 12.6. The van der Waals surface area contributed by atoms with Gasteiger partial charge in [0, 0.05) is 15.6 Å². The van der Waals surface area contributed by atoms with Crippen molar-refractivity contribution < 1.29 is 19.1 Å². The molecule has 1 amide bonds. The van der Waals surface area contributed by atoms with Gasteiger partial charge in [-0.25, -0.2) is 4.79 Å². The largest absolute Gasteiger partial charge is 0.451 e. The molecule has 3 aromatic carbocycles. The second-order valence-electron chi connectivity index (χ2n) is 6.28. The van der Waals surface area contributed by atoms with E-state index in [2.05, 4.69) is 21.2 Å². The molecule has 3 rings (SSSR count). The highest BCUT2D eigenvalue weighted by Crippen LogP contribution is 2.19. The molecule has 146 valence electrons. The van der Waals surface area contributed by atoms with Crippen LogP contribution in [-0.2, 0) is 4.74 Å². The topological polar surface area (TPSA) is 72.5 Å². The van der Waals surface area contributed by atoms with Crippen LogP contribution >= 0.6 is 15.9 Å². The molecule has 0 radical (unpaired) electrons. The Kier molecular flexibility index (Phi) is 6.57. The minimum Gasteiger partial charge on any atom is -0.451 e. The lowest BCUT2D eigenvalue weighted by atomic mass is 10.1. The molecule has 0 saturated heterocycles. The van der Waals surface area contributed by atoms with Crippen LogP contribution in [-0.4, -0.2) is 23.8 Å². The summed E-state index contributed by atoms with van der Waals surface area (Å²) in [5.41, 5.74) is 1.39. The molecule has 0 aromatic heterocycles. The Morgan fingerprint density at radius 2 is 1.45 bits per heavy atom. The molecule has 3 aromatic rings. The predicted molar refractivity (Wildman–Crippen MR) is 114 cm³/mol. The number of halogens is 1. The van der Waals surface area contributed by atoms with E-state index in [0.29, 0.717) is 16.8 Å². The van der Waals surface area contributed by atoms with Gasteiger partial charge in [-0.1, -0.05) is 58.4 Å². The summed E-state index contributed by atoms with van der Waals surface area (Å²) in [5, 5.41) is 2.72. The van der Waals surface area contributed by atoms with Crippen molar-refractivity contribution in [2.45, 2.75) is 13.0 Å². The third-order valence-corrected chi connectivity index (χ3v) is 4.74. The van der Waals surface area contributed by atoms with Gasteiger partial charge in [0.25, 0.3) is 5.91 Å². The van der Waals surface area contributed by atoms with Crippen molar-refractivity contribution in [1.29, 1.82) is 0 Å². The van der Waals surface area contributed by atoms with Crippen LogP contribution in [0.4, 0.5) is 5.69 Å². The molecular weight excluding hydrogens is 434 g/mol. The van der Waals surface area contributed by atoms with Crippen LogP contribution in [0.15, 0.2) is 83.3 Å². The summed E-state index contributed by atoms with van der Waals surface area (Å²) in [6.45, 7) is 1.52. The highest BCUT2D eigenvalue weighted by atomic mass is 79.9. The van der Waals surface area contributed by atoms with Crippen LogP contribution in [0.2, 0.25) is 0 Å². The minimum absolute atomic E-state index is 0.172. The van der Waals surface area contributed by atoms with Crippen molar-refractivity contribution in [3.8, 4) is 0 Å². The summed E-state index contributed by atoms with van der Waals surface area (Å²) in [5.74, 6) is -1.34. The van der Waals surface area contributed by atoms with E-state index in [0.717, 1.165) is 4.47 Å². The lowest BCUT2D eigenvalue weighted by molar-refractivity contribution is 0.0320. The fourth-order valence-corrected chi connectivity index (χ4v) is 2.94. The normalized spacial score (nSPS) is 11.4. The van der Waals surface area contributed by atoms with E-state index in [1.807, 2.05) is 0 Å². The smallest absolute Gasteiger partial charge is 0.340 e. The number of carbonyl (C=O) groups excluding carboxylic acids is 3. The number of amides is 1. The fraction of sp³-hybridized carbons (Fsp3) is 0.0870. The molecule has 6 heteroatoms. The van der Waals surface area contributed by atoms with E-state index >= 15 is 0 Å². The van der Waals surface area contributed by atoms with Gasteiger partial charge in [0.2, 0.25) is 5.78 Å². The monoisotopic (exact) mass is 451 g/mol. The Bertz CT molecular complexity index is 1030. The van der Waals surface area contributed by atoms with E-state index < -0.39 is 12.1 Å². The number of esters is 1. The molecule has 1 N–H and O–H groups in total. The lowest BCUT2D eigenvalue weighted by Gasteiger charge is -2.15. The number of hydrogen-bond donors (Lipinski definition) is 1. The molecule has 0 heterocycles. The summed E-state index contributed by atoms with van der Waals surface area (Å²) in [7, 11) is 0. The van der Waals surface area contributed by atoms with Gasteiger partial charge in [0.1, 0.15) is 0 Å². The van der Waals surface area contributed by atoms with Crippen LogP contribution in [0.1, 0.15) is 38.0 Å². The third kappa shape index (κ3) is 5.18. The number of ether oxygens (including phenoxy) is 1. The predicted octanol–water partition coefficient (Wildman–Crippen LogP) is 5.13. The molecule has 0 saturated carbocycles. The van der Waals surface area contributed by atoms with E-state index in [1.54, 1.807) is 78.9 Å². The van der Waals surface area contributed by atoms with Crippen LogP contribution < -0.4 is 5.32 Å². The number of para-hydroxylation sites is 1. The van der Waals surface area contributed by atoms with Gasteiger partial charge in [0.05, 0.1) is 11.3 Å². The second kappa shape index (κ2) is 9.30. The minimum atomic E-state index is -0.958. The van der Waals surface area contributed by atoms with Crippen molar-refractivity contribution >= 4 is 39.3 Å². The van der Waals surface area contributed by atoms with E-state index in [1.165, 1.54) is 6.92 Å². The van der Waals surface area contributed by atoms with Gasteiger partial charge in [-0.2, -0.15) is 0 Å². The average molecular weight is 452 g/mol. The molecule has 0 bridgehead atoms. The van der Waals surface area contributed by atoms with Crippen molar-refractivity contribution in [2.75, 3.05) is 5.32 Å². The first-order valence-electron chi connectivity index (χ1n) is 8.92. The molecule has 1 atom stereocenters. The van der Waals surface area contributed by atoms with Crippen molar-refractivity contribution in [2.24, 2.45) is 0 Å². The first kappa shape index (κ1) is 20.5. The number of benzene rings is 3. The Morgan fingerprint density at radius 1 is 0.828 bits per heavy atom. The van der Waals surface area contributed by atoms with Gasteiger partial charge in [-0.3, -0.25) is 9.59 Å². The van der Waals surface area contributed by atoms with Gasteiger partial charge >= 0.3 is 5.97 Å². The standard InChI is InChI=1S/C23H18BrNO4/c1-15(21(26)16-7-3-2-4-8-16)29-23(28)19-9-5-6-10-20(19)25-22(27)17-11-13-18(24)14-12-17/h2-15H,1H3,(H,25,27). The Morgan fingerprint density at radius 3 is 2.14 bits per heavy atom. The molecule has 0 aliphatic heterocycles. The van der Waals surface area contributed by atoms with E-state index in [-0.39, 0.29) is 17.3 Å². The van der Waals surface area contributed by atoms with Gasteiger partial charge in [0.15, 0.2) is 6.10 Å². The van der Waals surface area contributed by atoms with Gasteiger partial charge < -0.3 is 10.1 Å². The summed E-state index contributed by atoms with van der Waals surface area (Å²) in [6, 6.07) is 22.0. The number of carbonyl (C=O) groups is 3. The fourth-order valence-electron chi connectivity index (χ4n) is 2.68. The quantitative estimate of drug-likeness (QED) is 0.416. The molecule has 0 aliphatic carbocycles. The highest BCUT2D eigenvalue weighted by Gasteiger charge is 2.22. The van der Waals surface area contributed by atoms with Gasteiger partial charge in [-0.05, 0) is 43.3 Å². The Balaban J connectivity index is 1.74. The SMILES string of the molecule is CC(OC(=O)c1ccccc1NC(=O)c1ccc(Br)cc1)C(=O)c1ccccc1. The number of Topliss-reactive ketones (excluding diaryl/α,β-unsaturated/α-hetero) is 1. The first-order chi connectivity index (χ1) is 14.0. The van der Waals surface area contributed by atoms with Crippen molar-refractivity contribution in [3.63, 3.8) is 0 Å². The highest BCUT2D eigenvalue weighted by molar-refractivity contribution is 9.10. The van der Waals surface area contributed by atoms with Crippen molar-refractivity contribution in [3.05, 3.63) is 100 Å². The Hall–Kier alpha value is -3.25. The summed E-state index contributed by atoms with van der Waals surface area (Å²) < 4.78 is 6.21. The van der Waals surface area contributed by atoms with Crippen LogP contribution in [0.25, 0.3) is 0 Å². The zero-order chi connectivity index (χ0) is 20.8. The second-order valence-corrected chi connectivity index (χ2v) is 7.20. The number of ketones is 1. The summed E-state index contributed by atoms with van der Waals surface area (Å²) >= 11 is 3.32. The molecule has 0 aliphatic rings. The zero-order valence-electron chi connectivity index (χ0n) is 15.6. The number of anilines is 1. The molecule has 0 spiro atoms. The molecule has 5 nitrogen and oxygen atoms in total. The van der Waals surface area contributed by atoms with Gasteiger partial charge in [-0.15, -0.1) is 0 Å². The van der Waals surface area contributed by atoms with Crippen LogP contribution in [0.3, 0.4) is 0 Å². The molecule has 0 fully saturated rings. The van der Waals surface area contributed by atoms with Crippen molar-refractivity contribution in [1.82, 2.24) is 0 Å². The maximum absolute atomic E-state index is 12.6. The van der Waals surface area contributed by atoms with Crippen LogP contribution in [0.5, 0.6) is 0 Å². The maximum Gasteiger partial charge on any atom is 0.340 e. The molecular formula is C23H18BrNO4. The number of rotatable bonds is 6. The first-order valence-corrected chi connectivity index (χ1v) is 9.71. The van der Waals surface area contributed by atoms with E-state index in [4.69, 9.17) is 4.74 Å². The van der Waals surface area contributed by atoms with Crippen LogP contribution in [0, 0.1) is 0 Å². The average Bonchev–Trinajstić information content (AvgIpc) is 2.74. The number of hydrogen-bond acceptors (Lipinski definition) is 4. The zero-order valence-corrected chi connectivity index (χ0v) is 17.2. The lowest BCUT2D eigenvalue weighted by Crippen LogP contribution is -2.25. The molecule has 29 heavy (non-hydrogen) atoms. The Labute approximate surface area is 176 Å².